The summed E-state index contributed by atoms with van der Waals surface area (Å²) in [6, 6.07) is 11.9. The fraction of sp³-hybridized carbons (Fsp3) is 0.154. The average molecular weight is 185 g/mol. The predicted octanol–water partition coefficient (Wildman–Crippen LogP) is 3.31. The Kier molecular flexibility index (Phi) is 2.40. The summed E-state index contributed by atoms with van der Waals surface area (Å²) in [6.07, 6.45) is 1.64. The van der Waals surface area contributed by atoms with Crippen LogP contribution in [0.5, 0.6) is 5.75 Å². The second kappa shape index (κ2) is 3.70. The molecule has 0 saturated heterocycles. The smallest absolute Gasteiger partial charge is 0.119 e. The van der Waals surface area contributed by atoms with Gasteiger partial charge in [0.2, 0.25) is 0 Å². The molecule has 1 radical (unpaired) electrons. The molecule has 0 aromatic heterocycles. The van der Waals surface area contributed by atoms with Crippen molar-refractivity contribution < 1.29 is 5.11 Å². The molecule has 1 N–H and O–H groups in total. The number of benzene rings is 2. The minimum absolute atomic E-state index is 0.382. The van der Waals surface area contributed by atoms with Crippen LogP contribution in [-0.4, -0.2) is 5.11 Å². The Balaban J connectivity index is 2.59. The van der Waals surface area contributed by atoms with Crippen molar-refractivity contribution in [3.05, 3.63) is 48.9 Å². The van der Waals surface area contributed by atoms with E-state index in [4.69, 9.17) is 0 Å². The van der Waals surface area contributed by atoms with Crippen molar-refractivity contribution in [2.45, 2.75) is 12.8 Å². The summed E-state index contributed by atoms with van der Waals surface area (Å²) in [5.74, 6) is 0.382. The average Bonchev–Trinajstić information content (AvgIpc) is 2.19. The molecule has 0 aliphatic carbocycles. The molecule has 2 rings (SSSR count). The molecule has 1 heteroatoms. The van der Waals surface area contributed by atoms with Crippen molar-refractivity contribution in [1.29, 1.82) is 0 Å². The lowest BCUT2D eigenvalue weighted by atomic mass is 10.0. The number of phenolic OH excluding ortho intramolecular Hbond substituents is 1. The number of phenols is 1. The van der Waals surface area contributed by atoms with Crippen LogP contribution in [0.15, 0.2) is 36.4 Å². The van der Waals surface area contributed by atoms with E-state index in [9.17, 15) is 5.11 Å². The van der Waals surface area contributed by atoms with Crippen molar-refractivity contribution in [3.8, 4) is 5.75 Å². The number of aromatic hydroxyl groups is 1. The Morgan fingerprint density at radius 1 is 1.07 bits per heavy atom. The van der Waals surface area contributed by atoms with Gasteiger partial charge in [0.25, 0.3) is 0 Å². The molecule has 0 amide bonds. The quantitative estimate of drug-likeness (QED) is 0.761. The van der Waals surface area contributed by atoms with Crippen molar-refractivity contribution in [3.63, 3.8) is 0 Å². The zero-order valence-corrected chi connectivity index (χ0v) is 8.03. The van der Waals surface area contributed by atoms with E-state index >= 15 is 0 Å². The molecule has 0 aliphatic heterocycles. The van der Waals surface area contributed by atoms with Gasteiger partial charge in [-0.15, -0.1) is 0 Å². The second-order valence-electron chi connectivity index (χ2n) is 3.43. The maximum atomic E-state index is 9.71. The fourth-order valence-corrected chi connectivity index (χ4v) is 1.67. The molecule has 2 aromatic rings. The highest BCUT2D eigenvalue weighted by molar-refractivity contribution is 5.84. The highest BCUT2D eigenvalue weighted by Crippen LogP contribution is 2.25. The summed E-state index contributed by atoms with van der Waals surface area (Å²) in [6.45, 7) is 3.79. The zero-order chi connectivity index (χ0) is 9.97. The molecule has 0 heterocycles. The Hall–Kier alpha value is -1.50. The molecule has 0 fully saturated rings. The summed E-state index contributed by atoms with van der Waals surface area (Å²) in [7, 11) is 0. The Morgan fingerprint density at radius 2 is 1.71 bits per heavy atom. The lowest BCUT2D eigenvalue weighted by Gasteiger charge is -2.05. The van der Waals surface area contributed by atoms with Gasteiger partial charge in [-0.1, -0.05) is 31.2 Å². The number of rotatable bonds is 2. The Labute approximate surface area is 84.0 Å². The summed E-state index contributed by atoms with van der Waals surface area (Å²) in [4.78, 5) is 0. The first kappa shape index (κ1) is 9.07. The van der Waals surface area contributed by atoms with Gasteiger partial charge in [-0.25, -0.2) is 0 Å². The molecule has 0 atom stereocenters. The minimum atomic E-state index is 0.382. The number of fused-ring (bicyclic) bond motifs is 1. The molecular weight excluding hydrogens is 172 g/mol. The highest BCUT2D eigenvalue weighted by Gasteiger charge is 2.01. The van der Waals surface area contributed by atoms with E-state index in [1.54, 1.807) is 0 Å². The van der Waals surface area contributed by atoms with Crippen LogP contribution >= 0.6 is 0 Å². The number of aryl methyl sites for hydroxylation is 1. The van der Waals surface area contributed by atoms with Gasteiger partial charge in [-0.3, -0.25) is 0 Å². The third-order valence-corrected chi connectivity index (χ3v) is 2.39. The van der Waals surface area contributed by atoms with Crippen molar-refractivity contribution >= 4 is 10.8 Å². The van der Waals surface area contributed by atoms with Crippen LogP contribution in [-0.2, 0) is 6.42 Å². The van der Waals surface area contributed by atoms with E-state index in [2.05, 4.69) is 13.0 Å². The molecule has 0 spiro atoms. The van der Waals surface area contributed by atoms with Crippen LogP contribution in [0.1, 0.15) is 12.0 Å². The molecule has 14 heavy (non-hydrogen) atoms. The van der Waals surface area contributed by atoms with Crippen molar-refractivity contribution in [1.82, 2.24) is 0 Å². The van der Waals surface area contributed by atoms with E-state index < -0.39 is 0 Å². The first-order valence-corrected chi connectivity index (χ1v) is 4.81. The van der Waals surface area contributed by atoms with Crippen molar-refractivity contribution in [2.75, 3.05) is 0 Å². The van der Waals surface area contributed by atoms with Crippen molar-refractivity contribution in [2.24, 2.45) is 0 Å². The van der Waals surface area contributed by atoms with Gasteiger partial charge in [0.05, 0.1) is 0 Å². The standard InChI is InChI=1S/C13H13O/c1-2-5-12-8-10-6-3-4-7-11(10)9-13(12)14/h3-4,6-9,14H,1-2,5H2. The third kappa shape index (κ3) is 1.58. The Morgan fingerprint density at radius 3 is 2.36 bits per heavy atom. The molecule has 2 aromatic carbocycles. The van der Waals surface area contributed by atoms with Gasteiger partial charge < -0.3 is 5.11 Å². The van der Waals surface area contributed by atoms with Crippen LogP contribution in [0.2, 0.25) is 0 Å². The molecular formula is C13H13O. The van der Waals surface area contributed by atoms with Gasteiger partial charge in [-0.2, -0.15) is 0 Å². The van der Waals surface area contributed by atoms with E-state index in [1.165, 1.54) is 5.39 Å². The molecule has 0 aliphatic rings. The largest absolute Gasteiger partial charge is 0.508 e. The van der Waals surface area contributed by atoms with E-state index in [1.807, 2.05) is 30.3 Å². The van der Waals surface area contributed by atoms with Gasteiger partial charge in [0.15, 0.2) is 0 Å². The fourth-order valence-electron chi connectivity index (χ4n) is 1.67. The maximum absolute atomic E-state index is 9.71. The van der Waals surface area contributed by atoms with E-state index in [0.717, 1.165) is 23.8 Å². The molecule has 0 unspecified atom stereocenters. The van der Waals surface area contributed by atoms with Gasteiger partial charge in [0.1, 0.15) is 5.75 Å². The topological polar surface area (TPSA) is 20.2 Å². The summed E-state index contributed by atoms with van der Waals surface area (Å²) in [5.41, 5.74) is 0.985. The molecule has 71 valence electrons. The molecule has 0 bridgehead atoms. The third-order valence-electron chi connectivity index (χ3n) is 2.39. The number of hydrogen-bond donors (Lipinski definition) is 1. The van der Waals surface area contributed by atoms with E-state index in [-0.39, 0.29) is 0 Å². The maximum Gasteiger partial charge on any atom is 0.119 e. The highest BCUT2D eigenvalue weighted by atomic mass is 16.3. The first-order chi connectivity index (χ1) is 6.81. The monoisotopic (exact) mass is 185 g/mol. The lowest BCUT2D eigenvalue weighted by molar-refractivity contribution is 0.469. The first-order valence-electron chi connectivity index (χ1n) is 4.81. The zero-order valence-electron chi connectivity index (χ0n) is 8.03. The predicted molar refractivity (Wildman–Crippen MR) is 59.3 cm³/mol. The summed E-state index contributed by atoms with van der Waals surface area (Å²) < 4.78 is 0. The normalized spacial score (nSPS) is 10.6. The SMILES string of the molecule is [CH2]CCc1cc2ccccc2cc1O. The van der Waals surface area contributed by atoms with Crippen LogP contribution in [0, 0.1) is 6.92 Å². The van der Waals surface area contributed by atoms with Crippen LogP contribution < -0.4 is 0 Å². The minimum Gasteiger partial charge on any atom is -0.508 e. The lowest BCUT2D eigenvalue weighted by Crippen LogP contribution is -1.85. The van der Waals surface area contributed by atoms with Gasteiger partial charge in [-0.05, 0) is 41.3 Å². The molecule has 0 saturated carbocycles. The van der Waals surface area contributed by atoms with E-state index in [0.29, 0.717) is 5.75 Å². The summed E-state index contributed by atoms with van der Waals surface area (Å²) in [5, 5.41) is 12.0. The van der Waals surface area contributed by atoms with Crippen LogP contribution in [0.25, 0.3) is 10.8 Å². The second-order valence-corrected chi connectivity index (χ2v) is 3.43. The Bertz CT molecular complexity index is 446. The number of hydrogen-bond acceptors (Lipinski definition) is 1. The summed E-state index contributed by atoms with van der Waals surface area (Å²) >= 11 is 0. The van der Waals surface area contributed by atoms with Gasteiger partial charge >= 0.3 is 0 Å². The molecule has 1 nitrogen and oxygen atoms in total. The van der Waals surface area contributed by atoms with Gasteiger partial charge in [0, 0.05) is 0 Å². The van der Waals surface area contributed by atoms with Crippen LogP contribution in [0.3, 0.4) is 0 Å². The van der Waals surface area contributed by atoms with Crippen LogP contribution in [0.4, 0.5) is 0 Å².